The standard InChI is InChI=1S/C12H15Cl3/c1-8(2)3-5-10(13)9-4-6-11(14)12(15)7-9/h4,6-8,10H,3,5H2,1-2H3. The van der Waals surface area contributed by atoms with Gasteiger partial charge in [0, 0.05) is 0 Å². The molecule has 0 aromatic heterocycles. The zero-order valence-electron chi connectivity index (χ0n) is 8.93. The number of benzene rings is 1. The fraction of sp³-hybridized carbons (Fsp3) is 0.500. The number of halogens is 3. The molecule has 0 aliphatic heterocycles. The van der Waals surface area contributed by atoms with Crippen molar-refractivity contribution < 1.29 is 0 Å². The van der Waals surface area contributed by atoms with Gasteiger partial charge in [0.25, 0.3) is 0 Å². The summed E-state index contributed by atoms with van der Waals surface area (Å²) in [6.07, 6.45) is 2.09. The normalized spacial score (nSPS) is 13.2. The van der Waals surface area contributed by atoms with Crippen molar-refractivity contribution in [2.24, 2.45) is 5.92 Å². The zero-order chi connectivity index (χ0) is 11.4. The van der Waals surface area contributed by atoms with Gasteiger partial charge in [-0.1, -0.05) is 43.1 Å². The first-order valence-corrected chi connectivity index (χ1v) is 6.29. The molecule has 1 rings (SSSR count). The number of rotatable bonds is 4. The minimum Gasteiger partial charge on any atom is -0.118 e. The van der Waals surface area contributed by atoms with Crippen LogP contribution in [0, 0.1) is 5.92 Å². The van der Waals surface area contributed by atoms with E-state index >= 15 is 0 Å². The van der Waals surface area contributed by atoms with Gasteiger partial charge in [0.2, 0.25) is 0 Å². The largest absolute Gasteiger partial charge is 0.118 e. The van der Waals surface area contributed by atoms with Crippen LogP contribution in [-0.2, 0) is 0 Å². The molecule has 0 fully saturated rings. The lowest BCUT2D eigenvalue weighted by atomic mass is 10.0. The first kappa shape index (κ1) is 13.2. The first-order chi connectivity index (χ1) is 7.00. The van der Waals surface area contributed by atoms with Gasteiger partial charge < -0.3 is 0 Å². The van der Waals surface area contributed by atoms with Crippen LogP contribution in [0.25, 0.3) is 0 Å². The molecule has 0 nitrogen and oxygen atoms in total. The Balaban J connectivity index is 2.65. The Morgan fingerprint density at radius 1 is 1.07 bits per heavy atom. The minimum absolute atomic E-state index is 0.0298. The molecule has 15 heavy (non-hydrogen) atoms. The Bertz CT molecular complexity index is 321. The summed E-state index contributed by atoms with van der Waals surface area (Å²) < 4.78 is 0. The van der Waals surface area contributed by atoms with Crippen molar-refractivity contribution in [2.45, 2.75) is 32.1 Å². The van der Waals surface area contributed by atoms with Crippen LogP contribution in [0.1, 0.15) is 37.6 Å². The maximum absolute atomic E-state index is 6.27. The van der Waals surface area contributed by atoms with Gasteiger partial charge in [0.15, 0.2) is 0 Å². The Morgan fingerprint density at radius 3 is 2.27 bits per heavy atom. The van der Waals surface area contributed by atoms with Crippen LogP contribution in [0.2, 0.25) is 10.0 Å². The summed E-state index contributed by atoms with van der Waals surface area (Å²) in [5.74, 6) is 0.675. The first-order valence-electron chi connectivity index (χ1n) is 5.09. The highest BCUT2D eigenvalue weighted by atomic mass is 35.5. The molecule has 1 atom stereocenters. The van der Waals surface area contributed by atoms with Crippen molar-refractivity contribution in [2.75, 3.05) is 0 Å². The lowest BCUT2D eigenvalue weighted by Gasteiger charge is -2.12. The molecule has 0 N–H and O–H groups in total. The second-order valence-corrected chi connectivity index (χ2v) is 5.45. The van der Waals surface area contributed by atoms with E-state index in [2.05, 4.69) is 13.8 Å². The average molecular weight is 266 g/mol. The lowest BCUT2D eigenvalue weighted by Crippen LogP contribution is -1.94. The quantitative estimate of drug-likeness (QED) is 0.612. The van der Waals surface area contributed by atoms with Crippen molar-refractivity contribution >= 4 is 34.8 Å². The highest BCUT2D eigenvalue weighted by Crippen LogP contribution is 2.31. The topological polar surface area (TPSA) is 0 Å². The average Bonchev–Trinajstić information content (AvgIpc) is 2.18. The third-order valence-corrected chi connectivity index (χ3v) is 3.51. The summed E-state index contributed by atoms with van der Waals surface area (Å²) in [7, 11) is 0. The van der Waals surface area contributed by atoms with Crippen molar-refractivity contribution in [3.8, 4) is 0 Å². The fourth-order valence-electron chi connectivity index (χ4n) is 1.35. The van der Waals surface area contributed by atoms with Gasteiger partial charge >= 0.3 is 0 Å². The smallest absolute Gasteiger partial charge is 0.0595 e. The van der Waals surface area contributed by atoms with Crippen molar-refractivity contribution in [1.29, 1.82) is 0 Å². The number of hydrogen-bond acceptors (Lipinski definition) is 0. The summed E-state index contributed by atoms with van der Waals surface area (Å²) in [5, 5.41) is 1.18. The molecule has 1 aromatic rings. The molecular weight excluding hydrogens is 250 g/mol. The third kappa shape index (κ3) is 4.22. The Hall–Kier alpha value is 0.0900. The highest BCUT2D eigenvalue weighted by Gasteiger charge is 2.10. The molecule has 0 aliphatic rings. The molecule has 0 bridgehead atoms. The molecule has 1 aromatic carbocycles. The molecule has 0 aliphatic carbocycles. The van der Waals surface area contributed by atoms with Crippen molar-refractivity contribution in [3.63, 3.8) is 0 Å². The number of hydrogen-bond donors (Lipinski definition) is 0. The van der Waals surface area contributed by atoms with Gasteiger partial charge in [-0.25, -0.2) is 0 Å². The monoisotopic (exact) mass is 264 g/mol. The predicted molar refractivity (Wildman–Crippen MR) is 69.1 cm³/mol. The molecule has 0 heterocycles. The van der Waals surface area contributed by atoms with E-state index in [-0.39, 0.29) is 5.38 Å². The van der Waals surface area contributed by atoms with Crippen LogP contribution in [0.15, 0.2) is 18.2 Å². The van der Waals surface area contributed by atoms with E-state index in [9.17, 15) is 0 Å². The SMILES string of the molecule is CC(C)CCC(Cl)c1ccc(Cl)c(Cl)c1. The van der Waals surface area contributed by atoms with Crippen LogP contribution < -0.4 is 0 Å². The van der Waals surface area contributed by atoms with E-state index in [1.165, 1.54) is 0 Å². The highest BCUT2D eigenvalue weighted by molar-refractivity contribution is 6.42. The van der Waals surface area contributed by atoms with Crippen LogP contribution >= 0.6 is 34.8 Å². The second kappa shape index (κ2) is 5.98. The number of alkyl halides is 1. The van der Waals surface area contributed by atoms with Gasteiger partial charge in [0.05, 0.1) is 15.4 Å². The lowest BCUT2D eigenvalue weighted by molar-refractivity contribution is 0.549. The summed E-state index contributed by atoms with van der Waals surface area (Å²) in [5.41, 5.74) is 1.05. The van der Waals surface area contributed by atoms with Gasteiger partial charge in [0.1, 0.15) is 0 Å². The summed E-state index contributed by atoms with van der Waals surface area (Å²) >= 11 is 18.0. The van der Waals surface area contributed by atoms with Crippen molar-refractivity contribution in [3.05, 3.63) is 33.8 Å². The molecule has 3 heteroatoms. The Morgan fingerprint density at radius 2 is 1.73 bits per heavy atom. The van der Waals surface area contributed by atoms with E-state index in [4.69, 9.17) is 34.8 Å². The maximum atomic E-state index is 6.27. The molecule has 0 radical (unpaired) electrons. The van der Waals surface area contributed by atoms with E-state index in [1.807, 2.05) is 12.1 Å². The van der Waals surface area contributed by atoms with Gasteiger partial charge in [-0.05, 0) is 36.5 Å². The molecule has 0 saturated carbocycles. The minimum atomic E-state index is 0.0298. The van der Waals surface area contributed by atoms with E-state index < -0.39 is 0 Å². The molecular formula is C12H15Cl3. The van der Waals surface area contributed by atoms with Crippen LogP contribution in [-0.4, -0.2) is 0 Å². The summed E-state index contributed by atoms with van der Waals surface area (Å²) in [6, 6.07) is 5.58. The maximum Gasteiger partial charge on any atom is 0.0595 e. The van der Waals surface area contributed by atoms with Crippen LogP contribution in [0.4, 0.5) is 0 Å². The third-order valence-electron chi connectivity index (χ3n) is 2.30. The summed E-state index contributed by atoms with van der Waals surface area (Å²) in [6.45, 7) is 4.39. The second-order valence-electron chi connectivity index (χ2n) is 4.11. The molecule has 0 amide bonds. The molecule has 0 spiro atoms. The van der Waals surface area contributed by atoms with Gasteiger partial charge in [-0.3, -0.25) is 0 Å². The van der Waals surface area contributed by atoms with Gasteiger partial charge in [-0.2, -0.15) is 0 Å². The molecule has 0 saturated heterocycles. The van der Waals surface area contributed by atoms with E-state index in [1.54, 1.807) is 6.07 Å². The van der Waals surface area contributed by atoms with E-state index in [0.29, 0.717) is 16.0 Å². The van der Waals surface area contributed by atoms with Crippen LogP contribution in [0.5, 0.6) is 0 Å². The van der Waals surface area contributed by atoms with E-state index in [0.717, 1.165) is 18.4 Å². The molecule has 1 unspecified atom stereocenters. The van der Waals surface area contributed by atoms with Gasteiger partial charge in [-0.15, -0.1) is 11.6 Å². The fourth-order valence-corrected chi connectivity index (χ4v) is 1.92. The Labute approximate surface area is 107 Å². The zero-order valence-corrected chi connectivity index (χ0v) is 11.2. The van der Waals surface area contributed by atoms with Crippen LogP contribution in [0.3, 0.4) is 0 Å². The van der Waals surface area contributed by atoms with Crippen molar-refractivity contribution in [1.82, 2.24) is 0 Å². The summed E-state index contributed by atoms with van der Waals surface area (Å²) in [4.78, 5) is 0. The molecule has 84 valence electrons. The Kier molecular flexibility index (Phi) is 5.25. The predicted octanol–water partition coefficient (Wildman–Crippen LogP) is 5.71.